The van der Waals surface area contributed by atoms with Crippen LogP contribution in [-0.2, 0) is 4.79 Å². The molecule has 0 atom stereocenters. The lowest BCUT2D eigenvalue weighted by atomic mass is 10.0. The molecule has 2 aromatic heterocycles. The van der Waals surface area contributed by atoms with Gasteiger partial charge in [-0.15, -0.1) is 0 Å². The molecule has 116 valence electrons. The molecule has 3 aromatic rings. The van der Waals surface area contributed by atoms with Crippen molar-refractivity contribution in [3.8, 4) is 11.1 Å². The maximum Gasteiger partial charge on any atom is 0.303 e. The van der Waals surface area contributed by atoms with Crippen LogP contribution in [0.25, 0.3) is 16.6 Å². The summed E-state index contributed by atoms with van der Waals surface area (Å²) in [5, 5.41) is 8.83. The molecule has 0 saturated carbocycles. The SMILES string of the molecule is O=C(O)CCC(=O)c1c(-c2ccc(Br)cc2)cc2ccccn12. The van der Waals surface area contributed by atoms with Crippen LogP contribution in [0.3, 0.4) is 0 Å². The summed E-state index contributed by atoms with van der Waals surface area (Å²) in [6.45, 7) is 0. The largest absolute Gasteiger partial charge is 0.481 e. The van der Waals surface area contributed by atoms with E-state index in [9.17, 15) is 9.59 Å². The summed E-state index contributed by atoms with van der Waals surface area (Å²) >= 11 is 3.40. The second kappa shape index (κ2) is 6.38. The maximum atomic E-state index is 12.6. The zero-order chi connectivity index (χ0) is 16.4. The van der Waals surface area contributed by atoms with Crippen molar-refractivity contribution < 1.29 is 14.7 Å². The minimum Gasteiger partial charge on any atom is -0.481 e. The Balaban J connectivity index is 2.13. The third-order valence-electron chi connectivity index (χ3n) is 3.66. The van der Waals surface area contributed by atoms with Crippen LogP contribution in [0.2, 0.25) is 0 Å². The number of Topliss-reactive ketones (excluding diaryl/α,β-unsaturated/α-hetero) is 1. The highest BCUT2D eigenvalue weighted by Gasteiger charge is 2.19. The quantitative estimate of drug-likeness (QED) is 0.675. The van der Waals surface area contributed by atoms with Gasteiger partial charge >= 0.3 is 5.97 Å². The number of carboxylic acid groups (broad SMARTS) is 1. The number of aromatic nitrogens is 1. The Morgan fingerprint density at radius 2 is 1.78 bits per heavy atom. The number of aliphatic carboxylic acids is 1. The van der Waals surface area contributed by atoms with Gasteiger partial charge in [0.15, 0.2) is 5.78 Å². The van der Waals surface area contributed by atoms with Gasteiger partial charge in [0.1, 0.15) is 0 Å². The average molecular weight is 372 g/mol. The summed E-state index contributed by atoms with van der Waals surface area (Å²) < 4.78 is 2.78. The number of nitrogens with zero attached hydrogens (tertiary/aromatic N) is 1. The molecule has 0 radical (unpaired) electrons. The Bertz CT molecular complexity index is 881. The van der Waals surface area contributed by atoms with Crippen LogP contribution >= 0.6 is 15.9 Å². The number of halogens is 1. The zero-order valence-corrected chi connectivity index (χ0v) is 13.8. The molecule has 0 saturated heterocycles. The van der Waals surface area contributed by atoms with E-state index < -0.39 is 5.97 Å². The zero-order valence-electron chi connectivity index (χ0n) is 12.2. The Morgan fingerprint density at radius 3 is 2.48 bits per heavy atom. The highest BCUT2D eigenvalue weighted by molar-refractivity contribution is 9.10. The van der Waals surface area contributed by atoms with Crippen LogP contribution in [0.15, 0.2) is 59.2 Å². The van der Waals surface area contributed by atoms with Gasteiger partial charge in [0, 0.05) is 28.2 Å². The number of carbonyl (C=O) groups excluding carboxylic acids is 1. The topological polar surface area (TPSA) is 58.8 Å². The lowest BCUT2D eigenvalue weighted by molar-refractivity contribution is -0.136. The summed E-state index contributed by atoms with van der Waals surface area (Å²) in [7, 11) is 0. The minimum absolute atomic E-state index is 0.0140. The van der Waals surface area contributed by atoms with Crippen molar-refractivity contribution in [2.45, 2.75) is 12.8 Å². The van der Waals surface area contributed by atoms with Crippen molar-refractivity contribution in [3.05, 3.63) is 64.9 Å². The van der Waals surface area contributed by atoms with Crippen LogP contribution in [0.5, 0.6) is 0 Å². The lowest BCUT2D eigenvalue weighted by Crippen LogP contribution is -2.08. The van der Waals surface area contributed by atoms with Gasteiger partial charge in [0.05, 0.1) is 12.1 Å². The molecule has 0 bridgehead atoms. The first-order valence-corrected chi connectivity index (χ1v) is 7.96. The molecule has 2 heterocycles. The second-order valence-corrected chi connectivity index (χ2v) is 6.14. The number of ketones is 1. The molecule has 0 aliphatic heterocycles. The fourth-order valence-electron chi connectivity index (χ4n) is 2.60. The highest BCUT2D eigenvalue weighted by Crippen LogP contribution is 2.30. The maximum absolute atomic E-state index is 12.6. The van der Waals surface area contributed by atoms with E-state index >= 15 is 0 Å². The molecule has 1 N–H and O–H groups in total. The summed E-state index contributed by atoms with van der Waals surface area (Å²) in [5.74, 6) is -1.14. The van der Waals surface area contributed by atoms with Gasteiger partial charge in [-0.2, -0.15) is 0 Å². The predicted molar refractivity (Wildman–Crippen MR) is 91.7 cm³/mol. The van der Waals surface area contributed by atoms with Crippen molar-refractivity contribution in [1.82, 2.24) is 4.40 Å². The third-order valence-corrected chi connectivity index (χ3v) is 4.19. The molecule has 1 aromatic carbocycles. The lowest BCUT2D eigenvalue weighted by Gasteiger charge is -2.06. The standard InChI is InChI=1S/C18H14BrNO3/c19-13-6-4-12(5-7-13)15-11-14-3-1-2-10-20(14)18(15)16(21)8-9-17(22)23/h1-7,10-11H,8-9H2,(H,22,23). The molecule has 0 aliphatic rings. The average Bonchev–Trinajstić information content (AvgIpc) is 2.92. The number of hydrogen-bond acceptors (Lipinski definition) is 2. The molecular weight excluding hydrogens is 358 g/mol. The van der Waals surface area contributed by atoms with E-state index in [2.05, 4.69) is 15.9 Å². The van der Waals surface area contributed by atoms with Crippen molar-refractivity contribution in [1.29, 1.82) is 0 Å². The van der Waals surface area contributed by atoms with Gasteiger partial charge in [0.2, 0.25) is 0 Å². The van der Waals surface area contributed by atoms with E-state index in [1.54, 1.807) is 0 Å². The summed E-state index contributed by atoms with van der Waals surface area (Å²) in [4.78, 5) is 23.4. The number of fused-ring (bicyclic) bond motifs is 1. The van der Waals surface area contributed by atoms with Crippen LogP contribution < -0.4 is 0 Å². The Morgan fingerprint density at radius 1 is 1.04 bits per heavy atom. The normalized spacial score (nSPS) is 10.8. The molecule has 0 unspecified atom stereocenters. The van der Waals surface area contributed by atoms with Crippen LogP contribution in [0, 0.1) is 0 Å². The number of rotatable bonds is 5. The summed E-state index contributed by atoms with van der Waals surface area (Å²) in [6.07, 6.45) is 1.64. The molecule has 3 rings (SSSR count). The Kier molecular flexibility index (Phi) is 4.30. The van der Waals surface area contributed by atoms with Crippen molar-refractivity contribution >= 4 is 33.2 Å². The van der Waals surface area contributed by atoms with Crippen molar-refractivity contribution in [3.63, 3.8) is 0 Å². The number of pyridine rings is 1. The summed E-state index contributed by atoms with van der Waals surface area (Å²) in [5.41, 5.74) is 3.18. The predicted octanol–water partition coefficient (Wildman–Crippen LogP) is 4.42. The molecular formula is C18H14BrNO3. The fraction of sp³-hybridized carbons (Fsp3) is 0.111. The van der Waals surface area contributed by atoms with E-state index in [0.717, 1.165) is 21.1 Å². The van der Waals surface area contributed by atoms with Gasteiger partial charge in [0.25, 0.3) is 0 Å². The molecule has 23 heavy (non-hydrogen) atoms. The first kappa shape index (κ1) is 15.5. The third kappa shape index (κ3) is 3.19. The molecule has 0 amide bonds. The van der Waals surface area contributed by atoms with Gasteiger partial charge in [-0.05, 0) is 35.9 Å². The number of hydrogen-bond donors (Lipinski definition) is 1. The van der Waals surface area contributed by atoms with Gasteiger partial charge in [-0.1, -0.05) is 34.1 Å². The number of benzene rings is 1. The van der Waals surface area contributed by atoms with Gasteiger partial charge in [-0.3, -0.25) is 9.59 Å². The second-order valence-electron chi connectivity index (χ2n) is 5.23. The van der Waals surface area contributed by atoms with Crippen LogP contribution in [0.4, 0.5) is 0 Å². The highest BCUT2D eigenvalue weighted by atomic mass is 79.9. The van der Waals surface area contributed by atoms with E-state index in [0.29, 0.717) is 5.69 Å². The van der Waals surface area contributed by atoms with E-state index in [4.69, 9.17) is 5.11 Å². The first-order valence-electron chi connectivity index (χ1n) is 7.17. The Labute approximate surface area is 141 Å². The molecule has 5 heteroatoms. The first-order chi connectivity index (χ1) is 11.1. The van der Waals surface area contributed by atoms with E-state index in [1.165, 1.54) is 0 Å². The fourth-order valence-corrected chi connectivity index (χ4v) is 2.86. The smallest absolute Gasteiger partial charge is 0.303 e. The van der Waals surface area contributed by atoms with E-state index in [1.807, 2.05) is 59.1 Å². The van der Waals surface area contributed by atoms with Crippen LogP contribution in [-0.4, -0.2) is 21.3 Å². The van der Waals surface area contributed by atoms with Crippen molar-refractivity contribution in [2.24, 2.45) is 0 Å². The van der Waals surface area contributed by atoms with Gasteiger partial charge in [-0.25, -0.2) is 0 Å². The van der Waals surface area contributed by atoms with E-state index in [-0.39, 0.29) is 18.6 Å². The number of carboxylic acids is 1. The van der Waals surface area contributed by atoms with Crippen molar-refractivity contribution in [2.75, 3.05) is 0 Å². The molecule has 0 spiro atoms. The molecule has 0 fully saturated rings. The van der Waals surface area contributed by atoms with Crippen LogP contribution in [0.1, 0.15) is 23.3 Å². The van der Waals surface area contributed by atoms with Gasteiger partial charge < -0.3 is 9.51 Å². The molecule has 4 nitrogen and oxygen atoms in total. The monoisotopic (exact) mass is 371 g/mol. The number of carbonyl (C=O) groups is 2. The summed E-state index contributed by atoms with van der Waals surface area (Å²) in [6, 6.07) is 15.4. The minimum atomic E-state index is -0.968. The Hall–Kier alpha value is -2.40. The molecule has 0 aliphatic carbocycles.